The normalized spacial score (nSPS) is 18.4. The minimum absolute atomic E-state index is 0.106. The van der Waals surface area contributed by atoms with Crippen LogP contribution in [0.5, 0.6) is 0 Å². The van der Waals surface area contributed by atoms with Gasteiger partial charge in [0.15, 0.2) is 0 Å². The number of nitrogens with zero attached hydrogens (tertiary/aromatic N) is 3. The Hall–Kier alpha value is -2.27. The van der Waals surface area contributed by atoms with E-state index in [4.69, 9.17) is 0 Å². The van der Waals surface area contributed by atoms with Crippen LogP contribution in [-0.2, 0) is 17.8 Å². The van der Waals surface area contributed by atoms with Gasteiger partial charge in [-0.2, -0.15) is 0 Å². The molecule has 0 spiro atoms. The molecular formula is C20H24N4O. The van der Waals surface area contributed by atoms with Gasteiger partial charge >= 0.3 is 0 Å². The van der Waals surface area contributed by atoms with Crippen molar-refractivity contribution in [3.8, 4) is 0 Å². The van der Waals surface area contributed by atoms with Crippen molar-refractivity contribution >= 4 is 5.91 Å². The molecule has 0 radical (unpaired) electrons. The molecule has 5 heteroatoms. The van der Waals surface area contributed by atoms with Crippen molar-refractivity contribution in [1.82, 2.24) is 20.2 Å². The lowest BCUT2D eigenvalue weighted by Crippen LogP contribution is -2.41. The van der Waals surface area contributed by atoms with Gasteiger partial charge < -0.3 is 5.32 Å². The third kappa shape index (κ3) is 3.87. The van der Waals surface area contributed by atoms with Crippen LogP contribution in [0, 0.1) is 12.8 Å². The van der Waals surface area contributed by atoms with Crippen LogP contribution in [0.25, 0.3) is 0 Å². The molecule has 130 valence electrons. The van der Waals surface area contributed by atoms with Crippen LogP contribution in [0.4, 0.5) is 0 Å². The molecule has 0 saturated heterocycles. The highest BCUT2D eigenvalue weighted by atomic mass is 16.2. The third-order valence-electron chi connectivity index (χ3n) is 5.17. The summed E-state index contributed by atoms with van der Waals surface area (Å²) in [6, 6.07) is 8.68. The van der Waals surface area contributed by atoms with E-state index in [1.54, 1.807) is 6.33 Å². The highest BCUT2D eigenvalue weighted by Crippen LogP contribution is 2.41. The molecule has 1 aromatic carbocycles. The lowest BCUT2D eigenvalue weighted by molar-refractivity contribution is -0.123. The van der Waals surface area contributed by atoms with E-state index >= 15 is 0 Å². The number of hydrogen-bond donors (Lipinski definition) is 1. The van der Waals surface area contributed by atoms with Gasteiger partial charge in [0.05, 0.1) is 18.3 Å². The summed E-state index contributed by atoms with van der Waals surface area (Å²) in [6.07, 6.45) is 6.79. The smallest absolute Gasteiger partial charge is 0.234 e. The third-order valence-corrected chi connectivity index (χ3v) is 5.17. The number of hydrogen-bond acceptors (Lipinski definition) is 4. The highest BCUT2D eigenvalue weighted by Gasteiger charge is 2.33. The summed E-state index contributed by atoms with van der Waals surface area (Å²) in [5, 5.41) is 3.27. The maximum atomic E-state index is 12.6. The number of amides is 1. The number of carbonyl (C=O) groups is 1. The first-order valence-electron chi connectivity index (χ1n) is 9.05. The minimum atomic E-state index is 0.106. The van der Waals surface area contributed by atoms with E-state index in [1.807, 2.05) is 6.20 Å². The highest BCUT2D eigenvalue weighted by molar-refractivity contribution is 5.78. The number of rotatable bonds is 5. The van der Waals surface area contributed by atoms with E-state index in [9.17, 15) is 4.79 Å². The molecule has 0 unspecified atom stereocenters. The molecular weight excluding hydrogens is 312 g/mol. The molecule has 1 amide bonds. The van der Waals surface area contributed by atoms with Gasteiger partial charge in [0.1, 0.15) is 6.33 Å². The molecule has 0 bridgehead atoms. The fourth-order valence-corrected chi connectivity index (χ4v) is 3.54. The SMILES string of the molecule is Cc1ccc([C@@H](NC(=O)CN2CCc3cncnc3C2)C2CC2)cc1. The van der Waals surface area contributed by atoms with Crippen LogP contribution in [0.2, 0.25) is 0 Å². The topological polar surface area (TPSA) is 58.1 Å². The van der Waals surface area contributed by atoms with Crippen LogP contribution < -0.4 is 5.32 Å². The Morgan fingerprint density at radius 3 is 2.88 bits per heavy atom. The van der Waals surface area contributed by atoms with Crippen molar-refractivity contribution in [3.63, 3.8) is 0 Å². The lowest BCUT2D eigenvalue weighted by Gasteiger charge is -2.28. The van der Waals surface area contributed by atoms with Crippen molar-refractivity contribution in [2.75, 3.05) is 13.1 Å². The summed E-state index contributed by atoms with van der Waals surface area (Å²) in [5.41, 5.74) is 4.72. The van der Waals surface area contributed by atoms with Crippen LogP contribution >= 0.6 is 0 Å². The van der Waals surface area contributed by atoms with Gasteiger partial charge in [0.25, 0.3) is 0 Å². The van der Waals surface area contributed by atoms with Crippen molar-refractivity contribution in [1.29, 1.82) is 0 Å². The van der Waals surface area contributed by atoms with E-state index in [0.717, 1.165) is 25.2 Å². The molecule has 25 heavy (non-hydrogen) atoms. The minimum Gasteiger partial charge on any atom is -0.348 e. The monoisotopic (exact) mass is 336 g/mol. The first-order valence-corrected chi connectivity index (χ1v) is 9.05. The number of nitrogens with one attached hydrogen (secondary N) is 1. The van der Waals surface area contributed by atoms with Gasteiger partial charge in [-0.05, 0) is 43.2 Å². The zero-order chi connectivity index (χ0) is 17.2. The predicted octanol–water partition coefficient (Wildman–Crippen LogP) is 2.41. The molecule has 1 aliphatic heterocycles. The zero-order valence-electron chi connectivity index (χ0n) is 14.6. The summed E-state index contributed by atoms with van der Waals surface area (Å²) < 4.78 is 0. The van der Waals surface area contributed by atoms with E-state index in [-0.39, 0.29) is 11.9 Å². The standard InChI is InChI=1S/C20H24N4O/c1-14-2-4-15(5-3-14)20(16-6-7-16)23-19(25)12-24-9-8-17-10-21-13-22-18(17)11-24/h2-5,10,13,16,20H,6-9,11-12H2,1H3,(H,23,25)/t20-/m1/s1. The Morgan fingerprint density at radius 2 is 2.12 bits per heavy atom. The maximum absolute atomic E-state index is 12.6. The molecule has 5 nitrogen and oxygen atoms in total. The average Bonchev–Trinajstić information content (AvgIpc) is 3.45. The van der Waals surface area contributed by atoms with Gasteiger partial charge in [-0.3, -0.25) is 9.69 Å². The molecule has 1 N–H and O–H groups in total. The van der Waals surface area contributed by atoms with Crippen molar-refractivity contribution < 1.29 is 4.79 Å². The van der Waals surface area contributed by atoms with Gasteiger partial charge in [0.2, 0.25) is 5.91 Å². The Morgan fingerprint density at radius 1 is 1.32 bits per heavy atom. The first-order chi connectivity index (χ1) is 12.2. The Labute approximate surface area is 148 Å². The lowest BCUT2D eigenvalue weighted by atomic mass is 10.0. The second-order valence-corrected chi connectivity index (χ2v) is 7.25. The van der Waals surface area contributed by atoms with E-state index < -0.39 is 0 Å². The van der Waals surface area contributed by atoms with Crippen molar-refractivity contribution in [3.05, 3.63) is 59.2 Å². The molecule has 2 aliphatic rings. The number of benzene rings is 1. The summed E-state index contributed by atoms with van der Waals surface area (Å²) in [4.78, 5) is 23.2. The molecule has 1 saturated carbocycles. The Kier molecular flexibility index (Phi) is 4.49. The second kappa shape index (κ2) is 6.92. The van der Waals surface area contributed by atoms with Crippen LogP contribution in [0.3, 0.4) is 0 Å². The molecule has 1 aliphatic carbocycles. The van der Waals surface area contributed by atoms with Crippen molar-refractivity contribution in [2.45, 2.75) is 38.8 Å². The first kappa shape index (κ1) is 16.2. The van der Waals surface area contributed by atoms with Crippen LogP contribution in [0.1, 0.15) is 41.3 Å². The van der Waals surface area contributed by atoms with Gasteiger partial charge in [-0.1, -0.05) is 29.8 Å². The van der Waals surface area contributed by atoms with E-state index in [1.165, 1.54) is 29.5 Å². The van der Waals surface area contributed by atoms with Gasteiger partial charge in [-0.25, -0.2) is 9.97 Å². The molecule has 1 atom stereocenters. The summed E-state index contributed by atoms with van der Waals surface area (Å²) >= 11 is 0. The Balaban J connectivity index is 1.38. The zero-order valence-corrected chi connectivity index (χ0v) is 14.6. The number of aromatic nitrogens is 2. The molecule has 2 aromatic rings. The number of aryl methyl sites for hydroxylation is 1. The van der Waals surface area contributed by atoms with Gasteiger partial charge in [-0.15, -0.1) is 0 Å². The maximum Gasteiger partial charge on any atom is 0.234 e. The van der Waals surface area contributed by atoms with Crippen LogP contribution in [-0.4, -0.2) is 33.9 Å². The summed E-state index contributed by atoms with van der Waals surface area (Å²) in [6.45, 7) is 4.13. The van der Waals surface area contributed by atoms with E-state index in [0.29, 0.717) is 12.5 Å². The van der Waals surface area contributed by atoms with E-state index in [2.05, 4.69) is 51.4 Å². The van der Waals surface area contributed by atoms with Gasteiger partial charge in [0, 0.05) is 19.3 Å². The number of fused-ring (bicyclic) bond motifs is 1. The molecule has 1 fully saturated rings. The summed E-state index contributed by atoms with van der Waals surface area (Å²) in [5.74, 6) is 0.691. The fraction of sp³-hybridized carbons (Fsp3) is 0.450. The van der Waals surface area contributed by atoms with Crippen LogP contribution in [0.15, 0.2) is 36.8 Å². The van der Waals surface area contributed by atoms with Crippen molar-refractivity contribution in [2.24, 2.45) is 5.92 Å². The average molecular weight is 336 g/mol. The Bertz CT molecular complexity index is 755. The largest absolute Gasteiger partial charge is 0.348 e. The fourth-order valence-electron chi connectivity index (χ4n) is 3.54. The summed E-state index contributed by atoms with van der Waals surface area (Å²) in [7, 11) is 0. The molecule has 4 rings (SSSR count). The number of carbonyl (C=O) groups excluding carboxylic acids is 1. The molecule has 2 heterocycles. The predicted molar refractivity (Wildman–Crippen MR) is 95.8 cm³/mol. The quantitative estimate of drug-likeness (QED) is 0.911. The molecule has 1 aromatic heterocycles. The second-order valence-electron chi connectivity index (χ2n) is 7.25.